The van der Waals surface area contributed by atoms with Crippen LogP contribution < -0.4 is 4.74 Å². The van der Waals surface area contributed by atoms with Gasteiger partial charge in [-0.15, -0.1) is 0 Å². The number of halogens is 2. The molecule has 2 bridgehead atoms. The number of ether oxygens (including phenoxy) is 1. The molecule has 0 spiro atoms. The van der Waals surface area contributed by atoms with Crippen molar-refractivity contribution in [3.05, 3.63) is 29.8 Å². The molecule has 3 nitrogen and oxygen atoms in total. The van der Waals surface area contributed by atoms with Gasteiger partial charge in [0, 0.05) is 23.6 Å². The summed E-state index contributed by atoms with van der Waals surface area (Å²) in [6.45, 7) is -2.84. The smallest absolute Gasteiger partial charge is 0.387 e. The van der Waals surface area contributed by atoms with E-state index in [1.54, 1.807) is 12.1 Å². The molecule has 2 heterocycles. The van der Waals surface area contributed by atoms with Crippen LogP contribution in [0.3, 0.4) is 0 Å². The number of hydrogen-bond donors (Lipinski definition) is 0. The van der Waals surface area contributed by atoms with Crippen LogP contribution in [0.4, 0.5) is 8.78 Å². The molecule has 1 aromatic carbocycles. The van der Waals surface area contributed by atoms with E-state index in [0.29, 0.717) is 17.6 Å². The largest absolute Gasteiger partial charge is 0.435 e. The number of carbonyl (C=O) groups excluding carboxylic acids is 1. The van der Waals surface area contributed by atoms with Gasteiger partial charge < -0.3 is 9.64 Å². The quantitative estimate of drug-likeness (QED) is 0.798. The number of benzene rings is 1. The molecule has 114 valence electrons. The Bertz CT molecular complexity index is 504. The van der Waals surface area contributed by atoms with Gasteiger partial charge in [0.05, 0.1) is 0 Å². The summed E-state index contributed by atoms with van der Waals surface area (Å²) in [5.74, 6) is 0.272. The van der Waals surface area contributed by atoms with Gasteiger partial charge in [-0.2, -0.15) is 8.78 Å². The Kier molecular flexibility index (Phi) is 3.93. The Hall–Kier alpha value is -1.49. The van der Waals surface area contributed by atoms with Crippen molar-refractivity contribution in [3.63, 3.8) is 0 Å². The van der Waals surface area contributed by atoms with Crippen LogP contribution in [0, 0.1) is 5.92 Å². The Labute approximate surface area is 122 Å². The molecule has 0 N–H and O–H groups in total. The number of alkyl halides is 2. The zero-order chi connectivity index (χ0) is 15.0. The molecule has 2 fully saturated rings. The summed E-state index contributed by atoms with van der Waals surface area (Å²) >= 11 is 0. The summed E-state index contributed by atoms with van der Waals surface area (Å²) in [6, 6.07) is 7.06. The fraction of sp³-hybridized carbons (Fsp3) is 0.562. The molecule has 0 radical (unpaired) electrons. The van der Waals surface area contributed by atoms with Crippen LogP contribution in [-0.4, -0.2) is 36.4 Å². The molecule has 2 atom stereocenters. The lowest BCUT2D eigenvalue weighted by Crippen LogP contribution is -2.42. The molecular weight excluding hydrogens is 276 g/mol. The van der Waals surface area contributed by atoms with Crippen LogP contribution in [0.2, 0.25) is 0 Å². The molecule has 2 aliphatic rings. The molecule has 2 unspecified atom stereocenters. The first-order valence-corrected chi connectivity index (χ1v) is 7.35. The van der Waals surface area contributed by atoms with Crippen molar-refractivity contribution in [2.24, 2.45) is 5.92 Å². The molecule has 0 aromatic heterocycles. The predicted molar refractivity (Wildman–Crippen MR) is 74.7 cm³/mol. The fourth-order valence-electron chi connectivity index (χ4n) is 3.66. The third-order valence-electron chi connectivity index (χ3n) is 4.83. The molecular formula is C16H19F2NO2. The van der Waals surface area contributed by atoms with Gasteiger partial charge in [-0.3, -0.25) is 4.79 Å². The van der Waals surface area contributed by atoms with Crippen molar-refractivity contribution in [3.8, 4) is 5.75 Å². The summed E-state index contributed by atoms with van der Waals surface area (Å²) in [6.07, 6.45) is 4.15. The van der Waals surface area contributed by atoms with Crippen LogP contribution in [0.1, 0.15) is 36.0 Å². The van der Waals surface area contributed by atoms with Gasteiger partial charge in [-0.25, -0.2) is 0 Å². The highest BCUT2D eigenvalue weighted by atomic mass is 19.3. The minimum absolute atomic E-state index is 0.0561. The molecule has 0 saturated carbocycles. The lowest BCUT2D eigenvalue weighted by atomic mass is 9.85. The summed E-state index contributed by atoms with van der Waals surface area (Å²) in [4.78, 5) is 14.9. The van der Waals surface area contributed by atoms with Crippen LogP contribution in [0.25, 0.3) is 0 Å². The van der Waals surface area contributed by atoms with Crippen molar-refractivity contribution in [2.45, 2.75) is 44.4 Å². The highest BCUT2D eigenvalue weighted by Crippen LogP contribution is 2.38. The van der Waals surface area contributed by atoms with Gasteiger partial charge >= 0.3 is 6.61 Å². The number of rotatable bonds is 4. The van der Waals surface area contributed by atoms with Gasteiger partial charge in [0.2, 0.25) is 0 Å². The molecule has 1 aromatic rings. The second-order valence-corrected chi connectivity index (χ2v) is 5.99. The van der Waals surface area contributed by atoms with E-state index >= 15 is 0 Å². The van der Waals surface area contributed by atoms with Crippen molar-refractivity contribution in [1.82, 2.24) is 4.90 Å². The van der Waals surface area contributed by atoms with E-state index in [1.165, 1.54) is 25.0 Å². The molecule has 2 aliphatic heterocycles. The first kappa shape index (κ1) is 14.4. The Balaban J connectivity index is 1.68. The molecule has 5 heteroatoms. The number of ketones is 1. The number of piperidine rings is 1. The third-order valence-corrected chi connectivity index (χ3v) is 4.83. The van der Waals surface area contributed by atoms with E-state index in [2.05, 4.69) is 16.7 Å². The Morgan fingerprint density at radius 2 is 1.76 bits per heavy atom. The van der Waals surface area contributed by atoms with Crippen LogP contribution >= 0.6 is 0 Å². The van der Waals surface area contributed by atoms with Gasteiger partial charge in [0.25, 0.3) is 0 Å². The number of carbonyl (C=O) groups is 1. The summed E-state index contributed by atoms with van der Waals surface area (Å²) < 4.78 is 28.5. The summed E-state index contributed by atoms with van der Waals surface area (Å²) in [5, 5.41) is 0. The first-order chi connectivity index (χ1) is 10.0. The van der Waals surface area contributed by atoms with E-state index in [4.69, 9.17) is 0 Å². The number of fused-ring (bicyclic) bond motifs is 2. The van der Waals surface area contributed by atoms with Gasteiger partial charge in [0.1, 0.15) is 5.75 Å². The molecule has 2 saturated heterocycles. The maximum atomic E-state index is 12.6. The average molecular weight is 295 g/mol. The topological polar surface area (TPSA) is 29.5 Å². The lowest BCUT2D eigenvalue weighted by molar-refractivity contribution is -0.0498. The third kappa shape index (κ3) is 2.93. The van der Waals surface area contributed by atoms with Crippen molar-refractivity contribution in [1.29, 1.82) is 0 Å². The van der Waals surface area contributed by atoms with E-state index in [-0.39, 0.29) is 17.5 Å². The van der Waals surface area contributed by atoms with Crippen LogP contribution in [0.5, 0.6) is 5.75 Å². The van der Waals surface area contributed by atoms with E-state index in [9.17, 15) is 13.6 Å². The average Bonchev–Trinajstić information content (AvgIpc) is 2.68. The van der Waals surface area contributed by atoms with Crippen LogP contribution in [0.15, 0.2) is 24.3 Å². The van der Waals surface area contributed by atoms with E-state index in [0.717, 1.165) is 12.8 Å². The highest BCUT2D eigenvalue weighted by Gasteiger charge is 2.40. The highest BCUT2D eigenvalue weighted by molar-refractivity contribution is 5.98. The van der Waals surface area contributed by atoms with Gasteiger partial charge in [0.15, 0.2) is 5.78 Å². The number of Topliss-reactive ketones (excluding diaryl/α,β-unsaturated/α-hetero) is 1. The summed E-state index contributed by atoms with van der Waals surface area (Å²) in [7, 11) is 2.14. The van der Waals surface area contributed by atoms with Gasteiger partial charge in [-0.05, 0) is 57.0 Å². The summed E-state index contributed by atoms with van der Waals surface area (Å²) in [5.41, 5.74) is 0.588. The van der Waals surface area contributed by atoms with Gasteiger partial charge in [-0.1, -0.05) is 0 Å². The fourth-order valence-corrected chi connectivity index (χ4v) is 3.66. The minimum atomic E-state index is -2.84. The Morgan fingerprint density at radius 3 is 2.29 bits per heavy atom. The second-order valence-electron chi connectivity index (χ2n) is 5.99. The van der Waals surface area contributed by atoms with Crippen molar-refractivity contribution >= 4 is 5.78 Å². The first-order valence-electron chi connectivity index (χ1n) is 7.35. The monoisotopic (exact) mass is 295 g/mol. The molecule has 0 amide bonds. The maximum absolute atomic E-state index is 12.6. The normalized spacial score (nSPS) is 28.9. The van der Waals surface area contributed by atoms with Crippen LogP contribution in [-0.2, 0) is 0 Å². The van der Waals surface area contributed by atoms with Crippen molar-refractivity contribution in [2.75, 3.05) is 7.05 Å². The molecule has 21 heavy (non-hydrogen) atoms. The van der Waals surface area contributed by atoms with Crippen molar-refractivity contribution < 1.29 is 18.3 Å². The minimum Gasteiger partial charge on any atom is -0.435 e. The second kappa shape index (κ2) is 5.72. The number of nitrogens with zero attached hydrogens (tertiary/aromatic N) is 1. The molecule has 3 rings (SSSR count). The maximum Gasteiger partial charge on any atom is 0.387 e. The zero-order valence-corrected chi connectivity index (χ0v) is 12.0. The van der Waals surface area contributed by atoms with E-state index in [1.807, 2.05) is 0 Å². The SMILES string of the molecule is CN1C2CCC1CC(C(=O)c1ccc(OC(F)F)cc1)C2. The Morgan fingerprint density at radius 1 is 1.19 bits per heavy atom. The van der Waals surface area contributed by atoms with E-state index < -0.39 is 6.61 Å². The zero-order valence-electron chi connectivity index (χ0n) is 12.0. The molecule has 0 aliphatic carbocycles. The predicted octanol–water partition coefficient (Wildman–Crippen LogP) is 3.34. The lowest BCUT2D eigenvalue weighted by Gasteiger charge is -2.35. The number of hydrogen-bond acceptors (Lipinski definition) is 3. The standard InChI is InChI=1S/C16H19F2NO2/c1-19-12-4-5-13(19)9-11(8-12)15(20)10-2-6-14(7-3-10)21-16(17)18/h2-3,6-7,11-13,16H,4-5,8-9H2,1H3.